The zero-order valence-electron chi connectivity index (χ0n) is 10.6. The second-order valence-corrected chi connectivity index (χ2v) is 4.67. The van der Waals surface area contributed by atoms with E-state index in [4.69, 9.17) is 0 Å². The zero-order chi connectivity index (χ0) is 14.9. The van der Waals surface area contributed by atoms with E-state index in [1.165, 1.54) is 13.2 Å². The largest absolute Gasteiger partial charge is 0.467 e. The van der Waals surface area contributed by atoms with Crippen LogP contribution in [0.1, 0.15) is 18.4 Å². The molecule has 0 radical (unpaired) electrons. The number of rotatable bonds is 4. The van der Waals surface area contributed by atoms with Crippen LogP contribution in [0.5, 0.6) is 0 Å². The molecular weight excluding hydrogens is 278 g/mol. The van der Waals surface area contributed by atoms with Gasteiger partial charge in [-0.3, -0.25) is 0 Å². The molecule has 20 heavy (non-hydrogen) atoms. The van der Waals surface area contributed by atoms with Gasteiger partial charge < -0.3 is 10.1 Å². The lowest BCUT2D eigenvalue weighted by Crippen LogP contribution is -2.32. The number of ether oxygens (including phenoxy) is 1. The van der Waals surface area contributed by atoms with Crippen LogP contribution in [0.25, 0.3) is 0 Å². The molecule has 1 aromatic rings. The molecule has 0 aliphatic heterocycles. The molecule has 0 saturated heterocycles. The molecule has 0 amide bonds. The van der Waals surface area contributed by atoms with Gasteiger partial charge >= 0.3 is 12.1 Å². The average Bonchev–Trinajstić information content (AvgIpc) is 3.19. The summed E-state index contributed by atoms with van der Waals surface area (Å²) in [5.41, 5.74) is -1.32. The number of alkyl halides is 3. The number of nitrogens with one attached hydrogen (secondary N) is 1. The molecular formula is C13H13F4NO2. The van der Waals surface area contributed by atoms with E-state index in [-0.39, 0.29) is 11.6 Å². The topological polar surface area (TPSA) is 38.3 Å². The Bertz CT molecular complexity index is 512. The van der Waals surface area contributed by atoms with Gasteiger partial charge in [-0.15, -0.1) is 0 Å². The lowest BCUT2D eigenvalue weighted by atomic mass is 10.1. The van der Waals surface area contributed by atoms with Crippen molar-refractivity contribution in [2.24, 2.45) is 5.92 Å². The molecule has 2 rings (SSSR count). The zero-order valence-corrected chi connectivity index (χ0v) is 10.6. The van der Waals surface area contributed by atoms with Crippen LogP contribution in [-0.4, -0.2) is 19.1 Å². The van der Waals surface area contributed by atoms with E-state index < -0.39 is 29.6 Å². The quantitative estimate of drug-likeness (QED) is 0.684. The maximum Gasteiger partial charge on any atom is 0.419 e. The first-order valence-corrected chi connectivity index (χ1v) is 6.04. The van der Waals surface area contributed by atoms with E-state index in [0.29, 0.717) is 6.07 Å². The van der Waals surface area contributed by atoms with Crippen LogP contribution in [0.2, 0.25) is 0 Å². The van der Waals surface area contributed by atoms with Crippen molar-refractivity contribution in [3.63, 3.8) is 0 Å². The normalized spacial score (nSPS) is 16.6. The molecule has 1 unspecified atom stereocenters. The number of anilines is 1. The van der Waals surface area contributed by atoms with E-state index in [9.17, 15) is 22.4 Å². The van der Waals surface area contributed by atoms with E-state index in [0.717, 1.165) is 18.9 Å². The Morgan fingerprint density at radius 1 is 1.40 bits per heavy atom. The Balaban J connectivity index is 2.22. The van der Waals surface area contributed by atoms with E-state index in [2.05, 4.69) is 10.1 Å². The van der Waals surface area contributed by atoms with Gasteiger partial charge in [0.15, 0.2) is 0 Å². The highest BCUT2D eigenvalue weighted by Crippen LogP contribution is 2.36. The third-order valence-corrected chi connectivity index (χ3v) is 3.14. The van der Waals surface area contributed by atoms with Gasteiger partial charge in [0.05, 0.1) is 12.7 Å². The summed E-state index contributed by atoms with van der Waals surface area (Å²) in [4.78, 5) is 11.6. The molecule has 0 heterocycles. The fraction of sp³-hybridized carbons (Fsp3) is 0.462. The molecule has 110 valence electrons. The van der Waals surface area contributed by atoms with Crippen LogP contribution in [0.15, 0.2) is 18.2 Å². The maximum absolute atomic E-state index is 13.2. The molecule has 1 aliphatic carbocycles. The number of carbonyl (C=O) groups is 1. The Morgan fingerprint density at radius 2 is 2.05 bits per heavy atom. The minimum atomic E-state index is -4.78. The number of carbonyl (C=O) groups excluding carboxylic acids is 1. The molecule has 1 aromatic carbocycles. The van der Waals surface area contributed by atoms with Gasteiger partial charge in [0.2, 0.25) is 0 Å². The van der Waals surface area contributed by atoms with Gasteiger partial charge in [0, 0.05) is 5.69 Å². The number of benzene rings is 1. The summed E-state index contributed by atoms with van der Waals surface area (Å²) in [5, 5.41) is 2.69. The summed E-state index contributed by atoms with van der Waals surface area (Å²) in [5.74, 6) is -1.84. The molecule has 1 N–H and O–H groups in total. The summed E-state index contributed by atoms with van der Waals surface area (Å²) >= 11 is 0. The van der Waals surface area contributed by atoms with Gasteiger partial charge in [0.25, 0.3) is 0 Å². The summed E-state index contributed by atoms with van der Waals surface area (Å²) in [6, 6.07) is 1.86. The minimum absolute atomic E-state index is 0.0426. The number of hydrogen-bond donors (Lipinski definition) is 1. The number of hydrogen-bond acceptors (Lipinski definition) is 3. The number of esters is 1. The highest BCUT2D eigenvalue weighted by atomic mass is 19.4. The van der Waals surface area contributed by atoms with Crippen LogP contribution in [0, 0.1) is 11.7 Å². The van der Waals surface area contributed by atoms with Crippen LogP contribution in [0.4, 0.5) is 23.2 Å². The molecule has 0 bridgehead atoms. The fourth-order valence-electron chi connectivity index (χ4n) is 1.94. The number of methoxy groups -OCH3 is 1. The Kier molecular flexibility index (Phi) is 3.87. The SMILES string of the molecule is COC(=O)C(Nc1ccc(F)c(C(F)(F)F)c1)C1CC1. The van der Waals surface area contributed by atoms with Crippen molar-refractivity contribution in [2.45, 2.75) is 25.1 Å². The van der Waals surface area contributed by atoms with Crippen molar-refractivity contribution in [1.82, 2.24) is 0 Å². The predicted octanol–water partition coefficient (Wildman–Crippen LogP) is 3.21. The van der Waals surface area contributed by atoms with Crippen molar-refractivity contribution >= 4 is 11.7 Å². The lowest BCUT2D eigenvalue weighted by Gasteiger charge is -2.18. The van der Waals surface area contributed by atoms with E-state index in [1.807, 2.05) is 0 Å². The molecule has 1 saturated carbocycles. The van der Waals surface area contributed by atoms with E-state index in [1.54, 1.807) is 0 Å². The highest BCUT2D eigenvalue weighted by molar-refractivity contribution is 5.80. The molecule has 3 nitrogen and oxygen atoms in total. The predicted molar refractivity (Wildman–Crippen MR) is 63.6 cm³/mol. The fourth-order valence-corrected chi connectivity index (χ4v) is 1.94. The molecule has 0 spiro atoms. The van der Waals surface area contributed by atoms with Crippen molar-refractivity contribution in [3.05, 3.63) is 29.6 Å². The molecule has 1 atom stereocenters. The highest BCUT2D eigenvalue weighted by Gasteiger charge is 2.38. The van der Waals surface area contributed by atoms with Crippen molar-refractivity contribution in [3.8, 4) is 0 Å². The van der Waals surface area contributed by atoms with Gasteiger partial charge in [-0.05, 0) is 37.0 Å². The molecule has 0 aromatic heterocycles. The Hall–Kier alpha value is -1.79. The van der Waals surface area contributed by atoms with Crippen molar-refractivity contribution < 1.29 is 27.1 Å². The third-order valence-electron chi connectivity index (χ3n) is 3.14. The standard InChI is InChI=1S/C13H13F4NO2/c1-20-12(19)11(7-2-3-7)18-8-4-5-10(14)9(6-8)13(15,16)17/h4-7,11,18H,2-3H2,1H3. The molecule has 1 aliphatic rings. The smallest absolute Gasteiger partial charge is 0.419 e. The third kappa shape index (κ3) is 3.20. The summed E-state index contributed by atoms with van der Waals surface area (Å²) in [7, 11) is 1.21. The summed E-state index contributed by atoms with van der Waals surface area (Å²) < 4.78 is 55.6. The van der Waals surface area contributed by atoms with Crippen molar-refractivity contribution in [1.29, 1.82) is 0 Å². The first kappa shape index (κ1) is 14.6. The van der Waals surface area contributed by atoms with Gasteiger partial charge in [-0.2, -0.15) is 13.2 Å². The first-order chi connectivity index (χ1) is 9.32. The maximum atomic E-state index is 13.2. The van der Waals surface area contributed by atoms with Crippen LogP contribution < -0.4 is 5.32 Å². The first-order valence-electron chi connectivity index (χ1n) is 6.04. The van der Waals surface area contributed by atoms with Crippen LogP contribution in [-0.2, 0) is 15.7 Å². The monoisotopic (exact) mass is 291 g/mol. The van der Waals surface area contributed by atoms with Crippen LogP contribution in [0.3, 0.4) is 0 Å². The second kappa shape index (κ2) is 5.30. The molecule has 1 fully saturated rings. The van der Waals surface area contributed by atoms with Gasteiger partial charge in [0.1, 0.15) is 11.9 Å². The summed E-state index contributed by atoms with van der Waals surface area (Å²) in [6.45, 7) is 0. The average molecular weight is 291 g/mol. The van der Waals surface area contributed by atoms with Crippen LogP contribution >= 0.6 is 0 Å². The van der Waals surface area contributed by atoms with E-state index >= 15 is 0 Å². The summed E-state index contributed by atoms with van der Waals surface area (Å²) in [6.07, 6.45) is -3.16. The van der Waals surface area contributed by atoms with Crippen molar-refractivity contribution in [2.75, 3.05) is 12.4 Å². The lowest BCUT2D eigenvalue weighted by molar-refractivity contribution is -0.142. The number of halogens is 4. The minimum Gasteiger partial charge on any atom is -0.467 e. The Morgan fingerprint density at radius 3 is 2.55 bits per heavy atom. The molecule has 7 heteroatoms. The van der Waals surface area contributed by atoms with Gasteiger partial charge in [-0.1, -0.05) is 0 Å². The second-order valence-electron chi connectivity index (χ2n) is 4.67. The Labute approximate surface area is 112 Å². The van der Waals surface area contributed by atoms with Gasteiger partial charge in [-0.25, -0.2) is 9.18 Å².